The minimum atomic E-state index is -0.344. The van der Waals surface area contributed by atoms with E-state index in [1.807, 2.05) is 6.07 Å². The molecule has 21 heavy (non-hydrogen) atoms. The van der Waals surface area contributed by atoms with E-state index >= 15 is 0 Å². The molecule has 0 bridgehead atoms. The van der Waals surface area contributed by atoms with E-state index in [2.05, 4.69) is 9.80 Å². The highest BCUT2D eigenvalue weighted by molar-refractivity contribution is 5.31. The third kappa shape index (κ3) is 3.54. The van der Waals surface area contributed by atoms with E-state index in [1.165, 1.54) is 26.0 Å². The highest BCUT2D eigenvalue weighted by Crippen LogP contribution is 2.28. The zero-order valence-electron chi connectivity index (χ0n) is 12.6. The first-order valence-electron chi connectivity index (χ1n) is 7.73. The van der Waals surface area contributed by atoms with Crippen LogP contribution >= 0.6 is 0 Å². The number of halogens is 1. The average Bonchev–Trinajstić information content (AvgIpc) is 3.32. The van der Waals surface area contributed by atoms with Crippen LogP contribution in [0, 0.1) is 5.82 Å². The van der Waals surface area contributed by atoms with Gasteiger partial charge in [-0.05, 0) is 30.5 Å². The van der Waals surface area contributed by atoms with Gasteiger partial charge in [0.15, 0.2) is 11.6 Å². The Morgan fingerprint density at radius 3 is 2.57 bits per heavy atom. The van der Waals surface area contributed by atoms with Crippen molar-refractivity contribution in [3.8, 4) is 5.75 Å². The first kappa shape index (κ1) is 14.8. The van der Waals surface area contributed by atoms with Crippen molar-refractivity contribution < 1.29 is 9.13 Å². The second kappa shape index (κ2) is 6.30. The summed E-state index contributed by atoms with van der Waals surface area (Å²) in [6, 6.07) is 5.68. The summed E-state index contributed by atoms with van der Waals surface area (Å²) < 4.78 is 18.7. The largest absolute Gasteiger partial charge is 0.494 e. The lowest BCUT2D eigenvalue weighted by Gasteiger charge is -2.36. The number of nitrogens with two attached hydrogens (primary N) is 1. The summed E-state index contributed by atoms with van der Waals surface area (Å²) in [4.78, 5) is 4.96. The Balaban J connectivity index is 1.53. The zero-order chi connectivity index (χ0) is 14.8. The van der Waals surface area contributed by atoms with E-state index in [0.29, 0.717) is 0 Å². The molecule has 2 aliphatic rings. The van der Waals surface area contributed by atoms with Gasteiger partial charge in [0, 0.05) is 44.8 Å². The first-order chi connectivity index (χ1) is 10.2. The number of nitrogens with zero attached hydrogens (tertiary/aromatic N) is 2. The van der Waals surface area contributed by atoms with Crippen molar-refractivity contribution >= 4 is 0 Å². The Labute approximate surface area is 125 Å². The summed E-state index contributed by atoms with van der Waals surface area (Å²) in [7, 11) is 1.47. The number of benzene rings is 1. The van der Waals surface area contributed by atoms with E-state index < -0.39 is 0 Å². The molecular weight excluding hydrogens is 269 g/mol. The van der Waals surface area contributed by atoms with E-state index in [-0.39, 0.29) is 17.6 Å². The van der Waals surface area contributed by atoms with Crippen LogP contribution < -0.4 is 10.5 Å². The van der Waals surface area contributed by atoms with E-state index in [9.17, 15) is 4.39 Å². The lowest BCUT2D eigenvalue weighted by atomic mass is 10.1. The van der Waals surface area contributed by atoms with Crippen molar-refractivity contribution in [2.75, 3.05) is 39.8 Å². The molecule has 3 rings (SSSR count). The summed E-state index contributed by atoms with van der Waals surface area (Å²) in [5.41, 5.74) is 7.06. The molecule has 0 amide bonds. The summed E-state index contributed by atoms with van der Waals surface area (Å²) >= 11 is 0. The molecule has 2 fully saturated rings. The molecule has 1 aromatic rings. The quantitative estimate of drug-likeness (QED) is 0.895. The Morgan fingerprint density at radius 1 is 1.29 bits per heavy atom. The molecule has 116 valence electrons. The van der Waals surface area contributed by atoms with Crippen molar-refractivity contribution in [2.45, 2.75) is 24.9 Å². The molecule has 1 heterocycles. The molecule has 2 N–H and O–H groups in total. The predicted octanol–water partition coefficient (Wildman–Crippen LogP) is 1.61. The van der Waals surface area contributed by atoms with Crippen molar-refractivity contribution in [3.63, 3.8) is 0 Å². The molecule has 4 nitrogen and oxygen atoms in total. The minimum absolute atomic E-state index is 0.155. The molecule has 1 aliphatic heterocycles. The molecule has 0 aromatic heterocycles. The number of hydrogen-bond acceptors (Lipinski definition) is 4. The van der Waals surface area contributed by atoms with E-state index in [4.69, 9.17) is 10.5 Å². The standard InChI is InChI=1S/C16H24FN3O/c1-21-16-5-2-12(10-14(16)17)15(18)11-19-6-8-20(9-7-19)13-3-4-13/h2,5,10,13,15H,3-4,6-9,11,18H2,1H3. The predicted molar refractivity (Wildman–Crippen MR) is 80.9 cm³/mol. The van der Waals surface area contributed by atoms with Crippen LogP contribution in [0.4, 0.5) is 4.39 Å². The van der Waals surface area contributed by atoms with Crippen molar-refractivity contribution in [1.82, 2.24) is 9.80 Å². The number of hydrogen-bond donors (Lipinski definition) is 1. The Bertz CT molecular complexity index is 484. The topological polar surface area (TPSA) is 41.7 Å². The van der Waals surface area contributed by atoms with Crippen LogP contribution in [0.3, 0.4) is 0 Å². The third-order valence-corrected chi connectivity index (χ3v) is 4.53. The maximum absolute atomic E-state index is 13.7. The molecule has 1 unspecified atom stereocenters. The van der Waals surface area contributed by atoms with Gasteiger partial charge in [-0.25, -0.2) is 4.39 Å². The van der Waals surface area contributed by atoms with Gasteiger partial charge in [0.1, 0.15) is 0 Å². The molecule has 1 aromatic carbocycles. The Morgan fingerprint density at radius 2 is 2.00 bits per heavy atom. The molecule has 1 saturated heterocycles. The maximum atomic E-state index is 13.7. The summed E-state index contributed by atoms with van der Waals surface area (Å²) in [5.74, 6) is -0.0759. The summed E-state index contributed by atoms with van der Waals surface area (Å²) in [6.07, 6.45) is 2.73. The first-order valence-corrected chi connectivity index (χ1v) is 7.73. The fourth-order valence-corrected chi connectivity index (χ4v) is 3.05. The highest BCUT2D eigenvalue weighted by Gasteiger charge is 2.31. The van der Waals surface area contributed by atoms with Crippen LogP contribution in [0.1, 0.15) is 24.4 Å². The average molecular weight is 293 g/mol. The van der Waals surface area contributed by atoms with Crippen molar-refractivity contribution in [3.05, 3.63) is 29.6 Å². The SMILES string of the molecule is COc1ccc(C(N)CN2CCN(C3CC3)CC2)cc1F. The molecule has 1 saturated carbocycles. The number of piperazine rings is 1. The van der Waals surface area contributed by atoms with Gasteiger partial charge in [0.25, 0.3) is 0 Å². The van der Waals surface area contributed by atoms with Crippen molar-refractivity contribution in [2.24, 2.45) is 5.73 Å². The Hall–Kier alpha value is -1.17. The fraction of sp³-hybridized carbons (Fsp3) is 0.625. The van der Waals surface area contributed by atoms with Gasteiger partial charge in [-0.2, -0.15) is 0 Å². The van der Waals surface area contributed by atoms with Gasteiger partial charge in [0.05, 0.1) is 7.11 Å². The van der Waals surface area contributed by atoms with Gasteiger partial charge >= 0.3 is 0 Å². The molecule has 0 radical (unpaired) electrons. The molecule has 5 heteroatoms. The molecule has 0 spiro atoms. The fourth-order valence-electron chi connectivity index (χ4n) is 3.05. The molecule has 1 atom stereocenters. The lowest BCUT2D eigenvalue weighted by Crippen LogP contribution is -2.48. The van der Waals surface area contributed by atoms with Gasteiger partial charge < -0.3 is 10.5 Å². The molecule has 1 aliphatic carbocycles. The monoisotopic (exact) mass is 293 g/mol. The van der Waals surface area contributed by atoms with Gasteiger partial charge in [-0.15, -0.1) is 0 Å². The number of methoxy groups -OCH3 is 1. The normalized spacial score (nSPS) is 22.2. The highest BCUT2D eigenvalue weighted by atomic mass is 19.1. The Kier molecular flexibility index (Phi) is 4.42. The summed E-state index contributed by atoms with van der Waals surface area (Å²) in [6.45, 7) is 5.17. The smallest absolute Gasteiger partial charge is 0.165 e. The van der Waals surface area contributed by atoms with Crippen LogP contribution in [-0.2, 0) is 0 Å². The summed E-state index contributed by atoms with van der Waals surface area (Å²) in [5, 5.41) is 0. The minimum Gasteiger partial charge on any atom is -0.494 e. The van der Waals surface area contributed by atoms with Crippen LogP contribution in [0.2, 0.25) is 0 Å². The number of ether oxygens (including phenoxy) is 1. The van der Waals surface area contributed by atoms with Crippen LogP contribution in [-0.4, -0.2) is 55.7 Å². The van der Waals surface area contributed by atoms with Crippen LogP contribution in [0.15, 0.2) is 18.2 Å². The van der Waals surface area contributed by atoms with Gasteiger partial charge in [-0.3, -0.25) is 9.80 Å². The number of rotatable bonds is 5. The van der Waals surface area contributed by atoms with Gasteiger partial charge in [0.2, 0.25) is 0 Å². The van der Waals surface area contributed by atoms with Gasteiger partial charge in [-0.1, -0.05) is 6.07 Å². The van der Waals surface area contributed by atoms with E-state index in [0.717, 1.165) is 44.3 Å². The second-order valence-corrected chi connectivity index (χ2v) is 6.07. The lowest BCUT2D eigenvalue weighted by molar-refractivity contribution is 0.121. The molecular formula is C16H24FN3O. The van der Waals surface area contributed by atoms with E-state index in [1.54, 1.807) is 6.07 Å². The van der Waals surface area contributed by atoms with Crippen LogP contribution in [0.25, 0.3) is 0 Å². The second-order valence-electron chi connectivity index (χ2n) is 6.07. The third-order valence-electron chi connectivity index (χ3n) is 4.53. The maximum Gasteiger partial charge on any atom is 0.165 e. The van der Waals surface area contributed by atoms with Crippen LogP contribution in [0.5, 0.6) is 5.75 Å². The zero-order valence-corrected chi connectivity index (χ0v) is 12.6. The van der Waals surface area contributed by atoms with Crippen molar-refractivity contribution in [1.29, 1.82) is 0 Å².